The minimum atomic E-state index is -0.359. The van der Waals surface area contributed by atoms with Crippen LogP contribution in [0.2, 0.25) is 0 Å². The molecule has 2 aromatic carbocycles. The van der Waals surface area contributed by atoms with Crippen LogP contribution < -0.4 is 10.8 Å². The lowest BCUT2D eigenvalue weighted by atomic mass is 10.0. The summed E-state index contributed by atoms with van der Waals surface area (Å²) in [5, 5.41) is 11.4. The second kappa shape index (κ2) is 11.6. The average molecular weight is 366 g/mol. The first-order valence-corrected chi connectivity index (χ1v) is 9.24. The van der Waals surface area contributed by atoms with Crippen LogP contribution in [0.15, 0.2) is 60.7 Å². The van der Waals surface area contributed by atoms with E-state index in [0.717, 1.165) is 36.8 Å². The topological polar surface area (TPSA) is 78.4 Å². The first-order chi connectivity index (χ1) is 13.2. The molecule has 0 saturated carbocycles. The van der Waals surface area contributed by atoms with Crippen molar-refractivity contribution in [3.05, 3.63) is 71.8 Å². The van der Waals surface area contributed by atoms with Gasteiger partial charge in [-0.1, -0.05) is 73.5 Å². The van der Waals surface area contributed by atoms with Crippen LogP contribution in [0.25, 0.3) is 11.6 Å². The van der Waals surface area contributed by atoms with E-state index in [-0.39, 0.29) is 11.8 Å². The number of rotatable bonds is 10. The highest BCUT2D eigenvalue weighted by Gasteiger charge is 2.11. The van der Waals surface area contributed by atoms with Crippen molar-refractivity contribution in [1.82, 2.24) is 10.8 Å². The maximum Gasteiger partial charge on any atom is 0.251 e. The number of unbranched alkanes of at least 4 members (excludes halogenated alkanes) is 3. The SMILES string of the molecule is O=C(CCCCCCNC(=O)/C(=C/c1ccccc1)c1ccccc1)NO. The fourth-order valence-electron chi connectivity index (χ4n) is 2.73. The first kappa shape index (κ1) is 20.4. The van der Waals surface area contributed by atoms with E-state index in [9.17, 15) is 9.59 Å². The molecule has 2 aromatic rings. The Labute approximate surface area is 160 Å². The van der Waals surface area contributed by atoms with Crippen molar-refractivity contribution in [3.63, 3.8) is 0 Å². The second-order valence-corrected chi connectivity index (χ2v) is 6.29. The summed E-state index contributed by atoms with van der Waals surface area (Å²) in [5.74, 6) is -0.452. The lowest BCUT2D eigenvalue weighted by Gasteiger charge is -2.10. The zero-order valence-corrected chi connectivity index (χ0v) is 15.4. The van der Waals surface area contributed by atoms with Gasteiger partial charge in [-0.2, -0.15) is 0 Å². The third-order valence-corrected chi connectivity index (χ3v) is 4.18. The molecule has 0 saturated heterocycles. The molecule has 0 heterocycles. The monoisotopic (exact) mass is 366 g/mol. The molecule has 2 amide bonds. The zero-order chi connectivity index (χ0) is 19.3. The predicted molar refractivity (Wildman–Crippen MR) is 107 cm³/mol. The molecule has 0 aliphatic heterocycles. The summed E-state index contributed by atoms with van der Waals surface area (Å²) in [6, 6.07) is 19.4. The maximum atomic E-state index is 12.7. The Balaban J connectivity index is 1.88. The molecular weight excluding hydrogens is 340 g/mol. The highest BCUT2D eigenvalue weighted by atomic mass is 16.5. The average Bonchev–Trinajstić information content (AvgIpc) is 2.72. The van der Waals surface area contributed by atoms with Gasteiger partial charge in [0.05, 0.1) is 0 Å². The number of benzene rings is 2. The summed E-state index contributed by atoms with van der Waals surface area (Å²) in [6.07, 6.45) is 5.60. The van der Waals surface area contributed by atoms with Crippen LogP contribution in [0.5, 0.6) is 0 Å². The number of nitrogens with one attached hydrogen (secondary N) is 2. The molecular formula is C22H26N2O3. The van der Waals surface area contributed by atoms with E-state index in [2.05, 4.69) is 5.32 Å². The summed E-state index contributed by atoms with van der Waals surface area (Å²) in [6.45, 7) is 0.587. The molecule has 2 rings (SSSR count). The number of hydrogen-bond acceptors (Lipinski definition) is 3. The van der Waals surface area contributed by atoms with E-state index in [1.165, 1.54) is 0 Å². The van der Waals surface area contributed by atoms with Crippen LogP contribution in [0.3, 0.4) is 0 Å². The quantitative estimate of drug-likeness (QED) is 0.197. The van der Waals surface area contributed by atoms with Crippen LogP contribution in [-0.4, -0.2) is 23.6 Å². The Bertz CT molecular complexity index is 743. The third-order valence-electron chi connectivity index (χ3n) is 4.18. The number of hydrogen-bond donors (Lipinski definition) is 3. The van der Waals surface area contributed by atoms with Crippen LogP contribution in [0, 0.1) is 0 Å². The van der Waals surface area contributed by atoms with E-state index < -0.39 is 0 Å². The van der Waals surface area contributed by atoms with Crippen molar-refractivity contribution in [3.8, 4) is 0 Å². The second-order valence-electron chi connectivity index (χ2n) is 6.29. The van der Waals surface area contributed by atoms with Crippen LogP contribution in [-0.2, 0) is 9.59 Å². The molecule has 0 spiro atoms. The van der Waals surface area contributed by atoms with Gasteiger partial charge in [0.25, 0.3) is 5.91 Å². The molecule has 0 bridgehead atoms. The Morgan fingerprint density at radius 3 is 2.15 bits per heavy atom. The van der Waals surface area contributed by atoms with Crippen molar-refractivity contribution in [2.45, 2.75) is 32.1 Å². The van der Waals surface area contributed by atoms with E-state index >= 15 is 0 Å². The highest BCUT2D eigenvalue weighted by molar-refractivity contribution is 6.24. The van der Waals surface area contributed by atoms with Gasteiger partial charge in [0, 0.05) is 18.5 Å². The number of carbonyl (C=O) groups excluding carboxylic acids is 2. The van der Waals surface area contributed by atoms with Gasteiger partial charge in [-0.25, -0.2) is 5.48 Å². The largest absolute Gasteiger partial charge is 0.352 e. The standard InChI is InChI=1S/C22H26N2O3/c25-21(24-27)15-9-1-2-10-16-23-22(26)20(19-13-7-4-8-14-19)17-18-11-5-3-6-12-18/h3-8,11-14,17,27H,1-2,9-10,15-16H2,(H,23,26)(H,24,25)/b20-17+. The molecule has 0 atom stereocenters. The third kappa shape index (κ3) is 7.46. The molecule has 5 nitrogen and oxygen atoms in total. The fraction of sp³-hybridized carbons (Fsp3) is 0.273. The molecule has 27 heavy (non-hydrogen) atoms. The maximum absolute atomic E-state index is 12.7. The minimum absolute atomic E-state index is 0.0929. The van der Waals surface area contributed by atoms with Crippen LogP contribution >= 0.6 is 0 Å². The van der Waals surface area contributed by atoms with Crippen molar-refractivity contribution in [2.75, 3.05) is 6.54 Å². The molecule has 0 fully saturated rings. The van der Waals surface area contributed by atoms with E-state index in [0.29, 0.717) is 18.5 Å². The van der Waals surface area contributed by atoms with Gasteiger partial charge in [0.15, 0.2) is 0 Å². The molecule has 0 unspecified atom stereocenters. The van der Waals surface area contributed by atoms with E-state index in [4.69, 9.17) is 5.21 Å². The van der Waals surface area contributed by atoms with E-state index in [1.54, 1.807) is 5.48 Å². The predicted octanol–water partition coefficient (Wildman–Crippen LogP) is 3.80. The first-order valence-electron chi connectivity index (χ1n) is 9.24. The van der Waals surface area contributed by atoms with Crippen LogP contribution in [0.4, 0.5) is 0 Å². The van der Waals surface area contributed by atoms with Crippen molar-refractivity contribution in [2.24, 2.45) is 0 Å². The van der Waals surface area contributed by atoms with Gasteiger partial charge < -0.3 is 5.32 Å². The molecule has 0 radical (unpaired) electrons. The molecule has 142 valence electrons. The molecule has 3 N–H and O–H groups in total. The normalized spacial score (nSPS) is 11.1. The van der Waals surface area contributed by atoms with Gasteiger partial charge in [0.2, 0.25) is 5.91 Å². The summed E-state index contributed by atoms with van der Waals surface area (Å²) < 4.78 is 0. The van der Waals surface area contributed by atoms with Gasteiger partial charge in [-0.15, -0.1) is 0 Å². The molecule has 0 aromatic heterocycles. The zero-order valence-electron chi connectivity index (χ0n) is 15.4. The summed E-state index contributed by atoms with van der Waals surface area (Å²) in [4.78, 5) is 23.6. The smallest absolute Gasteiger partial charge is 0.251 e. The number of carbonyl (C=O) groups is 2. The van der Waals surface area contributed by atoms with Gasteiger partial charge in [-0.05, 0) is 30.0 Å². The molecule has 0 aliphatic carbocycles. The number of hydroxylamine groups is 1. The molecule has 0 aliphatic rings. The minimum Gasteiger partial charge on any atom is -0.352 e. The van der Waals surface area contributed by atoms with Crippen molar-refractivity contribution >= 4 is 23.5 Å². The van der Waals surface area contributed by atoms with Gasteiger partial charge in [-0.3, -0.25) is 14.8 Å². The Morgan fingerprint density at radius 1 is 0.852 bits per heavy atom. The van der Waals surface area contributed by atoms with Gasteiger partial charge in [0.1, 0.15) is 0 Å². The Hall–Kier alpha value is -2.92. The van der Waals surface area contributed by atoms with Crippen LogP contribution in [0.1, 0.15) is 43.2 Å². The van der Waals surface area contributed by atoms with Gasteiger partial charge >= 0.3 is 0 Å². The van der Waals surface area contributed by atoms with E-state index in [1.807, 2.05) is 66.7 Å². The fourth-order valence-corrected chi connectivity index (χ4v) is 2.73. The lowest BCUT2D eigenvalue weighted by molar-refractivity contribution is -0.129. The molecule has 5 heteroatoms. The summed E-state index contributed by atoms with van der Waals surface area (Å²) >= 11 is 0. The Kier molecular flexibility index (Phi) is 8.80. The van der Waals surface area contributed by atoms with Crippen molar-refractivity contribution < 1.29 is 14.8 Å². The Morgan fingerprint density at radius 2 is 1.48 bits per heavy atom. The van der Waals surface area contributed by atoms with Crippen molar-refractivity contribution in [1.29, 1.82) is 0 Å². The summed E-state index contributed by atoms with van der Waals surface area (Å²) in [5.41, 5.74) is 4.13. The lowest BCUT2D eigenvalue weighted by Crippen LogP contribution is -2.25. The highest BCUT2D eigenvalue weighted by Crippen LogP contribution is 2.18. The summed E-state index contributed by atoms with van der Waals surface area (Å²) in [7, 11) is 0. The number of amides is 2.